The van der Waals surface area contributed by atoms with E-state index in [0.717, 1.165) is 61.9 Å². The van der Waals surface area contributed by atoms with Crippen molar-refractivity contribution >= 4 is 32.8 Å². The molecule has 2 fully saturated rings. The molecule has 0 radical (unpaired) electrons. The van der Waals surface area contributed by atoms with Crippen molar-refractivity contribution in [1.29, 1.82) is 0 Å². The fourth-order valence-corrected chi connectivity index (χ4v) is 8.70. The van der Waals surface area contributed by atoms with Gasteiger partial charge in [-0.1, -0.05) is 72.8 Å². The number of nitrogens with zero attached hydrogens (tertiary/aromatic N) is 7. The van der Waals surface area contributed by atoms with Gasteiger partial charge in [0.25, 0.3) is 10.0 Å². The Bertz CT molecular complexity index is 2040. The quantitative estimate of drug-likeness (QED) is 0.208. The van der Waals surface area contributed by atoms with Crippen LogP contribution in [0.1, 0.15) is 55.8 Å². The zero-order valence-corrected chi connectivity index (χ0v) is 29.1. The van der Waals surface area contributed by atoms with Gasteiger partial charge in [0.1, 0.15) is 23.9 Å². The van der Waals surface area contributed by atoms with E-state index in [1.54, 1.807) is 30.3 Å². The highest BCUT2D eigenvalue weighted by Crippen LogP contribution is 2.39. The van der Waals surface area contributed by atoms with Crippen molar-refractivity contribution in [2.75, 3.05) is 39.0 Å². The molecule has 13 heteroatoms. The van der Waals surface area contributed by atoms with Crippen LogP contribution in [0.5, 0.6) is 0 Å². The zero-order chi connectivity index (χ0) is 34.8. The van der Waals surface area contributed by atoms with E-state index in [2.05, 4.69) is 26.8 Å². The fraction of sp³-hybridized carbons (Fsp3) is 0.351. The first-order valence-electron chi connectivity index (χ1n) is 17.1. The Kier molecular flexibility index (Phi) is 9.65. The first-order valence-corrected chi connectivity index (χ1v) is 18.5. The van der Waals surface area contributed by atoms with Gasteiger partial charge in [0.05, 0.1) is 16.3 Å². The molecule has 0 spiro atoms. The minimum atomic E-state index is -4.27. The second-order valence-corrected chi connectivity index (χ2v) is 14.9. The summed E-state index contributed by atoms with van der Waals surface area (Å²) in [6, 6.07) is 24.3. The van der Waals surface area contributed by atoms with Crippen LogP contribution < -0.4 is 5.73 Å². The van der Waals surface area contributed by atoms with Crippen LogP contribution in [-0.2, 0) is 19.7 Å². The van der Waals surface area contributed by atoms with Gasteiger partial charge in [-0.25, -0.2) is 23.1 Å². The molecule has 12 nitrogen and oxygen atoms in total. The molecule has 1 saturated carbocycles. The van der Waals surface area contributed by atoms with Gasteiger partial charge in [-0.05, 0) is 60.5 Å². The molecule has 5 aromatic rings. The Hall–Kier alpha value is -4.69. The summed E-state index contributed by atoms with van der Waals surface area (Å²) in [6.45, 7) is 5.63. The van der Waals surface area contributed by atoms with Gasteiger partial charge in [-0.15, -0.1) is 0 Å². The smallest absolute Gasteiger partial charge is 0.323 e. The Labute approximate surface area is 292 Å². The number of likely N-dealkylation sites (N-methyl/N-ethyl adjacent to an activating group) is 1. The zero-order valence-electron chi connectivity index (χ0n) is 28.3. The van der Waals surface area contributed by atoms with Gasteiger partial charge >= 0.3 is 5.97 Å². The number of hydrogen-bond acceptors (Lipinski definition) is 10. The number of carbonyl (C=O) groups excluding carboxylic acids is 1. The van der Waals surface area contributed by atoms with Crippen molar-refractivity contribution in [2.45, 2.75) is 55.6 Å². The number of nitrogen functional groups attached to an aromatic ring is 1. The highest BCUT2D eigenvalue weighted by Gasteiger charge is 2.37. The maximum atomic E-state index is 14.0. The number of benzene rings is 3. The molecule has 2 N–H and O–H groups in total. The topological polar surface area (TPSA) is 140 Å². The number of piperazine rings is 1. The van der Waals surface area contributed by atoms with E-state index in [1.807, 2.05) is 47.1 Å². The molecule has 1 unspecified atom stereocenters. The number of hydroxylamine groups is 1. The van der Waals surface area contributed by atoms with Gasteiger partial charge in [-0.3, -0.25) is 9.69 Å². The number of sulfonamides is 1. The molecule has 1 saturated heterocycles. The average Bonchev–Trinajstić information content (AvgIpc) is 3.54. The summed E-state index contributed by atoms with van der Waals surface area (Å²) in [5.74, 6) is -0.407. The minimum Gasteiger partial charge on any atom is -0.383 e. The SMILES string of the molecule is CC(=O)ON(C(c1ccccc1)c1ccc(-c2nn(C3CCC(N4CCN(C)CC4)CC3)c3ncnc(N)c23)cc1)S(=O)(=O)c1ccccc1. The highest BCUT2D eigenvalue weighted by molar-refractivity contribution is 7.89. The van der Waals surface area contributed by atoms with E-state index >= 15 is 0 Å². The second kappa shape index (κ2) is 14.3. The third-order valence-electron chi connectivity index (χ3n) is 9.91. The van der Waals surface area contributed by atoms with Crippen LogP contribution in [0.15, 0.2) is 96.2 Å². The lowest BCUT2D eigenvalue weighted by Crippen LogP contribution is -2.49. The van der Waals surface area contributed by atoms with Crippen LogP contribution in [0.25, 0.3) is 22.3 Å². The van der Waals surface area contributed by atoms with Gasteiger partial charge < -0.3 is 15.5 Å². The van der Waals surface area contributed by atoms with E-state index < -0.39 is 22.0 Å². The molecule has 1 atom stereocenters. The minimum absolute atomic E-state index is 0.00357. The molecule has 7 rings (SSSR count). The first kappa shape index (κ1) is 33.8. The Morgan fingerprint density at radius 2 is 1.44 bits per heavy atom. The van der Waals surface area contributed by atoms with Gasteiger partial charge in [0.2, 0.25) is 0 Å². The van der Waals surface area contributed by atoms with E-state index in [9.17, 15) is 13.2 Å². The third kappa shape index (κ3) is 6.73. The molecule has 2 aliphatic rings. The number of anilines is 1. The van der Waals surface area contributed by atoms with Crippen molar-refractivity contribution in [3.05, 3.63) is 102 Å². The lowest BCUT2D eigenvalue weighted by atomic mass is 9.90. The summed E-state index contributed by atoms with van der Waals surface area (Å²) in [7, 11) is -2.09. The van der Waals surface area contributed by atoms with Crippen LogP contribution >= 0.6 is 0 Å². The molecule has 1 aliphatic carbocycles. The Morgan fingerprint density at radius 3 is 2.08 bits per heavy atom. The van der Waals surface area contributed by atoms with E-state index in [0.29, 0.717) is 39.7 Å². The van der Waals surface area contributed by atoms with Crippen LogP contribution in [0.2, 0.25) is 0 Å². The largest absolute Gasteiger partial charge is 0.383 e. The first-order chi connectivity index (χ1) is 24.2. The van der Waals surface area contributed by atoms with E-state index in [1.165, 1.54) is 25.4 Å². The molecule has 3 aromatic carbocycles. The molecule has 1 aliphatic heterocycles. The monoisotopic (exact) mass is 694 g/mol. The Balaban J connectivity index is 1.23. The summed E-state index contributed by atoms with van der Waals surface area (Å²) >= 11 is 0. The summed E-state index contributed by atoms with van der Waals surface area (Å²) in [6.07, 6.45) is 5.69. The average molecular weight is 695 g/mol. The second-order valence-electron chi connectivity index (χ2n) is 13.1. The fourth-order valence-electron chi connectivity index (χ4n) is 7.27. The predicted molar refractivity (Wildman–Crippen MR) is 191 cm³/mol. The molecule has 3 heterocycles. The van der Waals surface area contributed by atoms with Crippen molar-refractivity contribution in [2.24, 2.45) is 0 Å². The van der Waals surface area contributed by atoms with Crippen molar-refractivity contribution in [3.8, 4) is 11.3 Å². The van der Waals surface area contributed by atoms with Gasteiger partial charge in [-0.2, -0.15) is 5.10 Å². The molecule has 50 heavy (non-hydrogen) atoms. The summed E-state index contributed by atoms with van der Waals surface area (Å²) in [5.41, 5.74) is 9.84. The summed E-state index contributed by atoms with van der Waals surface area (Å²) < 4.78 is 30.8. The molecule has 2 aromatic heterocycles. The molecular formula is C37H42N8O4S. The molecular weight excluding hydrogens is 653 g/mol. The number of nitrogens with two attached hydrogens (primary N) is 1. The third-order valence-corrected chi connectivity index (χ3v) is 11.5. The highest BCUT2D eigenvalue weighted by atomic mass is 32.2. The van der Waals surface area contributed by atoms with E-state index in [-0.39, 0.29) is 10.9 Å². The summed E-state index contributed by atoms with van der Waals surface area (Å²) in [5, 5.41) is 5.81. The molecule has 0 bridgehead atoms. The van der Waals surface area contributed by atoms with Gasteiger partial charge in [0, 0.05) is 44.7 Å². The molecule has 260 valence electrons. The number of aromatic nitrogens is 4. The predicted octanol–water partition coefficient (Wildman–Crippen LogP) is 5.07. The normalized spacial score (nSPS) is 19.8. The van der Waals surface area contributed by atoms with E-state index in [4.69, 9.17) is 15.7 Å². The van der Waals surface area contributed by atoms with Crippen molar-refractivity contribution in [3.63, 3.8) is 0 Å². The van der Waals surface area contributed by atoms with Crippen LogP contribution in [-0.4, -0.2) is 87.7 Å². The maximum absolute atomic E-state index is 14.0. The number of rotatable bonds is 9. The number of hydrogen-bond donors (Lipinski definition) is 1. The number of fused-ring (bicyclic) bond motifs is 1. The Morgan fingerprint density at radius 1 is 0.840 bits per heavy atom. The maximum Gasteiger partial charge on any atom is 0.323 e. The van der Waals surface area contributed by atoms with Crippen LogP contribution in [0.4, 0.5) is 5.82 Å². The van der Waals surface area contributed by atoms with Gasteiger partial charge in [0.15, 0.2) is 5.65 Å². The number of carbonyl (C=O) groups is 1. The lowest BCUT2D eigenvalue weighted by molar-refractivity contribution is -0.171. The summed E-state index contributed by atoms with van der Waals surface area (Å²) in [4.78, 5) is 31.9. The van der Waals surface area contributed by atoms with Crippen LogP contribution in [0, 0.1) is 0 Å². The standard InChI is InChI=1S/C37H42N8O4S/c1-26(46)49-45(50(47,48)32-11-7-4-8-12-32)35(28-9-5-3-6-10-28)29-15-13-27(14-16-29)34-33-36(38)39-25-40-37(33)44(41-34)31-19-17-30(18-20-31)43-23-21-42(2)22-24-43/h3-16,25,30-31,35H,17-24H2,1-2H3,(H2,38,39,40). The molecule has 0 amide bonds. The van der Waals surface area contributed by atoms with Crippen LogP contribution in [0.3, 0.4) is 0 Å². The van der Waals surface area contributed by atoms with Crippen molar-refractivity contribution in [1.82, 2.24) is 34.0 Å². The van der Waals surface area contributed by atoms with Crippen molar-refractivity contribution < 1.29 is 18.0 Å². The lowest BCUT2D eigenvalue weighted by Gasteiger charge is -2.41.